The van der Waals surface area contributed by atoms with E-state index in [2.05, 4.69) is 33.4 Å². The van der Waals surface area contributed by atoms with Gasteiger partial charge in [0.2, 0.25) is 0 Å². The number of nitrogens with one attached hydrogen (secondary N) is 1. The van der Waals surface area contributed by atoms with Crippen molar-refractivity contribution in [2.24, 2.45) is 0 Å². The zero-order chi connectivity index (χ0) is 14.8. The number of fused-ring (bicyclic) bond motifs is 1. The Morgan fingerprint density at radius 3 is 2.90 bits per heavy atom. The Morgan fingerprint density at radius 2 is 2.14 bits per heavy atom. The van der Waals surface area contributed by atoms with E-state index < -0.39 is 0 Å². The van der Waals surface area contributed by atoms with Gasteiger partial charge in [0.05, 0.1) is 4.47 Å². The molecular formula is C17H17BrFNO. The lowest BCUT2D eigenvalue weighted by molar-refractivity contribution is 0.305. The zero-order valence-corrected chi connectivity index (χ0v) is 13.4. The first-order valence-electron chi connectivity index (χ1n) is 7.04. The Kier molecular flexibility index (Phi) is 4.27. The van der Waals surface area contributed by atoms with Gasteiger partial charge in [0, 0.05) is 6.04 Å². The second-order valence-electron chi connectivity index (χ2n) is 5.28. The number of halogens is 2. The van der Waals surface area contributed by atoms with E-state index in [4.69, 9.17) is 4.74 Å². The molecule has 1 atom stereocenters. The third kappa shape index (κ3) is 3.11. The van der Waals surface area contributed by atoms with Crippen LogP contribution in [0.2, 0.25) is 0 Å². The molecule has 1 aliphatic rings. The van der Waals surface area contributed by atoms with E-state index in [1.165, 1.54) is 17.2 Å². The first-order chi connectivity index (χ1) is 10.2. The number of hydrogen-bond acceptors (Lipinski definition) is 2. The minimum Gasteiger partial charge on any atom is -0.489 e. The fourth-order valence-corrected chi connectivity index (χ4v) is 3.21. The number of benzene rings is 2. The topological polar surface area (TPSA) is 21.3 Å². The quantitative estimate of drug-likeness (QED) is 0.884. The molecule has 110 valence electrons. The van der Waals surface area contributed by atoms with Crippen molar-refractivity contribution in [3.63, 3.8) is 0 Å². The minimum atomic E-state index is -0.255. The van der Waals surface area contributed by atoms with E-state index in [1.807, 2.05) is 13.1 Å². The fourth-order valence-electron chi connectivity index (χ4n) is 2.78. The number of rotatable bonds is 4. The molecule has 2 aromatic carbocycles. The first-order valence-corrected chi connectivity index (χ1v) is 7.83. The summed E-state index contributed by atoms with van der Waals surface area (Å²) in [7, 11) is 2.00. The predicted molar refractivity (Wildman–Crippen MR) is 85.0 cm³/mol. The summed E-state index contributed by atoms with van der Waals surface area (Å²) in [5.41, 5.74) is 3.67. The SMILES string of the molecule is CNC1CCc2cc(OCc3ccc(F)c(Br)c3)ccc21. The molecular weight excluding hydrogens is 333 g/mol. The van der Waals surface area contributed by atoms with Crippen molar-refractivity contribution < 1.29 is 9.13 Å². The van der Waals surface area contributed by atoms with Crippen molar-refractivity contribution in [3.8, 4) is 5.75 Å². The number of hydrogen-bond donors (Lipinski definition) is 1. The summed E-state index contributed by atoms with van der Waals surface area (Å²) in [5, 5.41) is 3.33. The van der Waals surface area contributed by atoms with Gasteiger partial charge in [-0.25, -0.2) is 4.39 Å². The van der Waals surface area contributed by atoms with Crippen LogP contribution in [0.15, 0.2) is 40.9 Å². The Bertz CT molecular complexity index is 659. The highest BCUT2D eigenvalue weighted by atomic mass is 79.9. The van der Waals surface area contributed by atoms with Crippen molar-refractivity contribution in [1.82, 2.24) is 5.32 Å². The lowest BCUT2D eigenvalue weighted by Crippen LogP contribution is -2.12. The van der Waals surface area contributed by atoms with Crippen LogP contribution in [0.3, 0.4) is 0 Å². The van der Waals surface area contributed by atoms with Gasteiger partial charge in [0.1, 0.15) is 18.2 Å². The third-order valence-electron chi connectivity index (χ3n) is 3.93. The Balaban J connectivity index is 1.70. The molecule has 4 heteroatoms. The summed E-state index contributed by atoms with van der Waals surface area (Å²) < 4.78 is 19.5. The molecule has 0 aliphatic heterocycles. The lowest BCUT2D eigenvalue weighted by atomic mass is 10.1. The third-order valence-corrected chi connectivity index (χ3v) is 4.54. The van der Waals surface area contributed by atoms with E-state index in [1.54, 1.807) is 12.1 Å². The van der Waals surface area contributed by atoms with Gasteiger partial charge < -0.3 is 10.1 Å². The summed E-state index contributed by atoms with van der Waals surface area (Å²) in [5.74, 6) is 0.611. The molecule has 0 fully saturated rings. The van der Waals surface area contributed by atoms with Crippen molar-refractivity contribution in [3.05, 3.63) is 63.4 Å². The highest BCUT2D eigenvalue weighted by Gasteiger charge is 2.21. The van der Waals surface area contributed by atoms with Crippen LogP contribution in [0.4, 0.5) is 4.39 Å². The van der Waals surface area contributed by atoms with Crippen LogP contribution >= 0.6 is 15.9 Å². The maximum Gasteiger partial charge on any atom is 0.137 e. The van der Waals surface area contributed by atoms with Crippen molar-refractivity contribution in [1.29, 1.82) is 0 Å². The minimum absolute atomic E-state index is 0.255. The largest absolute Gasteiger partial charge is 0.489 e. The maximum absolute atomic E-state index is 13.2. The number of ether oxygens (including phenoxy) is 1. The molecule has 1 aliphatic carbocycles. The second-order valence-corrected chi connectivity index (χ2v) is 6.13. The molecule has 1 N–H and O–H groups in total. The Morgan fingerprint density at radius 1 is 1.29 bits per heavy atom. The molecule has 1 unspecified atom stereocenters. The summed E-state index contributed by atoms with van der Waals surface area (Å²) in [6.45, 7) is 0.438. The molecule has 2 aromatic rings. The monoisotopic (exact) mass is 349 g/mol. The lowest BCUT2D eigenvalue weighted by Gasteiger charge is -2.12. The van der Waals surface area contributed by atoms with E-state index in [0.717, 1.165) is 24.2 Å². The molecule has 0 saturated carbocycles. The average Bonchev–Trinajstić information content (AvgIpc) is 2.90. The summed E-state index contributed by atoms with van der Waals surface area (Å²) in [6, 6.07) is 11.7. The van der Waals surface area contributed by atoms with Gasteiger partial charge in [-0.15, -0.1) is 0 Å². The zero-order valence-electron chi connectivity index (χ0n) is 11.8. The van der Waals surface area contributed by atoms with Gasteiger partial charge in [-0.3, -0.25) is 0 Å². The maximum atomic E-state index is 13.2. The average molecular weight is 350 g/mol. The van der Waals surface area contributed by atoms with Crippen molar-refractivity contribution in [2.45, 2.75) is 25.5 Å². The van der Waals surface area contributed by atoms with Crippen LogP contribution in [-0.4, -0.2) is 7.05 Å². The molecule has 3 rings (SSSR count). The molecule has 0 bridgehead atoms. The van der Waals surface area contributed by atoms with E-state index in [-0.39, 0.29) is 5.82 Å². The fraction of sp³-hybridized carbons (Fsp3) is 0.294. The van der Waals surface area contributed by atoms with Gasteiger partial charge in [0.25, 0.3) is 0 Å². The van der Waals surface area contributed by atoms with Crippen LogP contribution in [0.25, 0.3) is 0 Å². The number of aryl methyl sites for hydroxylation is 1. The van der Waals surface area contributed by atoms with Crippen LogP contribution in [0.5, 0.6) is 5.75 Å². The van der Waals surface area contributed by atoms with Crippen molar-refractivity contribution in [2.75, 3.05) is 7.05 Å². The van der Waals surface area contributed by atoms with Crippen LogP contribution in [0, 0.1) is 5.82 Å². The van der Waals surface area contributed by atoms with Gasteiger partial charge in [0.15, 0.2) is 0 Å². The van der Waals surface area contributed by atoms with Gasteiger partial charge in [-0.2, -0.15) is 0 Å². The van der Waals surface area contributed by atoms with Crippen molar-refractivity contribution >= 4 is 15.9 Å². The summed E-state index contributed by atoms with van der Waals surface area (Å²) in [4.78, 5) is 0. The van der Waals surface area contributed by atoms with Crippen LogP contribution in [-0.2, 0) is 13.0 Å². The van der Waals surface area contributed by atoms with Crippen LogP contribution in [0.1, 0.15) is 29.2 Å². The predicted octanol–water partition coefficient (Wildman–Crippen LogP) is 4.37. The smallest absolute Gasteiger partial charge is 0.137 e. The first kappa shape index (κ1) is 14.5. The molecule has 0 heterocycles. The molecule has 0 aromatic heterocycles. The molecule has 21 heavy (non-hydrogen) atoms. The second kappa shape index (κ2) is 6.16. The van der Waals surface area contributed by atoms with Gasteiger partial charge >= 0.3 is 0 Å². The molecule has 0 radical (unpaired) electrons. The van der Waals surface area contributed by atoms with Gasteiger partial charge in [-0.05, 0) is 76.8 Å². The highest BCUT2D eigenvalue weighted by molar-refractivity contribution is 9.10. The normalized spacial score (nSPS) is 16.8. The van der Waals surface area contributed by atoms with E-state index >= 15 is 0 Å². The molecule has 2 nitrogen and oxygen atoms in total. The van der Waals surface area contributed by atoms with Gasteiger partial charge in [-0.1, -0.05) is 12.1 Å². The van der Waals surface area contributed by atoms with E-state index in [0.29, 0.717) is 17.1 Å². The van der Waals surface area contributed by atoms with Crippen LogP contribution < -0.4 is 10.1 Å². The molecule has 0 amide bonds. The summed E-state index contributed by atoms with van der Waals surface area (Å²) in [6.07, 6.45) is 2.22. The highest BCUT2D eigenvalue weighted by Crippen LogP contribution is 2.33. The standard InChI is InChI=1S/C17H17BrFNO/c1-20-17-7-3-12-9-13(4-5-14(12)17)21-10-11-2-6-16(19)15(18)8-11/h2,4-6,8-9,17,20H,3,7,10H2,1H3. The molecule has 0 spiro atoms. The Labute approximate surface area is 132 Å². The summed E-state index contributed by atoms with van der Waals surface area (Å²) >= 11 is 3.19. The Hall–Kier alpha value is -1.39. The molecule has 0 saturated heterocycles. The van der Waals surface area contributed by atoms with E-state index in [9.17, 15) is 4.39 Å².